The zero-order valence-electron chi connectivity index (χ0n) is 14.0. The minimum Gasteiger partial charge on any atom is -1.00 e. The third-order valence-electron chi connectivity index (χ3n) is 4.49. The highest BCUT2D eigenvalue weighted by molar-refractivity contribution is 6.37. The Hall–Kier alpha value is -2.83. The summed E-state index contributed by atoms with van der Waals surface area (Å²) in [6.45, 7) is 1.80. The van der Waals surface area contributed by atoms with E-state index in [9.17, 15) is 4.79 Å². The van der Waals surface area contributed by atoms with Gasteiger partial charge in [0.1, 0.15) is 30.1 Å². The molecule has 3 N–H and O–H groups in total. The zero-order valence-corrected chi connectivity index (χ0v) is 15.5. The summed E-state index contributed by atoms with van der Waals surface area (Å²) >= 11 is 6.50. The molecule has 2 aromatic carbocycles. The molecule has 1 aliphatic rings. The van der Waals surface area contributed by atoms with Crippen molar-refractivity contribution in [2.45, 2.75) is 0 Å². The maximum absolute atomic E-state index is 12.5. The van der Waals surface area contributed by atoms with Gasteiger partial charge in [-0.1, -0.05) is 23.7 Å². The quantitative estimate of drug-likeness (QED) is 0.354. The first kappa shape index (κ1) is 17.6. The number of aromatic nitrogens is 2. The van der Waals surface area contributed by atoms with Crippen LogP contribution in [0.3, 0.4) is 0 Å². The standard InChI is InChI=1S/C19H13ClN4O2.ClH/c20-16-11-3-1-2-4-14(11)26-19(25)15(16)18-23-12-6-5-10(9-13(12)24-18)17-21-7-8-22-17;/h1-6,9H,7-8H2,(H,21,22)(H,23,24);1H. The SMILES string of the molecule is O=c1oc2ccccc2c(Cl)c1-c1nc2ccc(C3=[NH+]CCN3)cc2[nH]1.[Cl-]. The lowest BCUT2D eigenvalue weighted by molar-refractivity contribution is -0.444. The fourth-order valence-corrected chi connectivity index (χ4v) is 3.56. The van der Waals surface area contributed by atoms with Gasteiger partial charge in [-0.15, -0.1) is 0 Å². The summed E-state index contributed by atoms with van der Waals surface area (Å²) < 4.78 is 5.40. The van der Waals surface area contributed by atoms with Crippen molar-refractivity contribution in [2.75, 3.05) is 13.1 Å². The number of halogens is 2. The van der Waals surface area contributed by atoms with Crippen LogP contribution in [0.2, 0.25) is 5.02 Å². The lowest BCUT2D eigenvalue weighted by atomic mass is 10.2. The molecule has 8 heteroatoms. The molecule has 27 heavy (non-hydrogen) atoms. The Morgan fingerprint density at radius 2 is 2.04 bits per heavy atom. The van der Waals surface area contributed by atoms with E-state index < -0.39 is 5.63 Å². The minimum absolute atomic E-state index is 0. The summed E-state index contributed by atoms with van der Waals surface area (Å²) in [5.74, 6) is 1.39. The lowest BCUT2D eigenvalue weighted by Crippen LogP contribution is -3.00. The van der Waals surface area contributed by atoms with E-state index in [-0.39, 0.29) is 18.0 Å². The summed E-state index contributed by atoms with van der Waals surface area (Å²) in [6.07, 6.45) is 0. The average Bonchev–Trinajstić information content (AvgIpc) is 3.31. The van der Waals surface area contributed by atoms with Gasteiger partial charge in [-0.3, -0.25) is 10.3 Å². The summed E-state index contributed by atoms with van der Waals surface area (Å²) in [6, 6.07) is 13.1. The Morgan fingerprint density at radius 3 is 2.85 bits per heavy atom. The first-order chi connectivity index (χ1) is 12.7. The molecule has 6 nitrogen and oxygen atoms in total. The van der Waals surface area contributed by atoms with Crippen LogP contribution in [0.25, 0.3) is 33.4 Å². The molecule has 0 amide bonds. The van der Waals surface area contributed by atoms with Gasteiger partial charge in [0.05, 0.1) is 21.6 Å². The maximum atomic E-state index is 12.5. The number of hydrogen-bond acceptors (Lipinski definition) is 4. The number of H-pyrrole nitrogens is 1. The minimum atomic E-state index is -0.513. The smallest absolute Gasteiger partial charge is 0.348 e. The van der Waals surface area contributed by atoms with Crippen molar-refractivity contribution in [3.63, 3.8) is 0 Å². The highest BCUT2D eigenvalue weighted by Crippen LogP contribution is 2.31. The van der Waals surface area contributed by atoms with Crippen molar-refractivity contribution in [1.82, 2.24) is 15.3 Å². The van der Waals surface area contributed by atoms with E-state index in [2.05, 4.69) is 20.3 Å². The molecular weight excluding hydrogens is 387 g/mol. The lowest BCUT2D eigenvalue weighted by Gasteiger charge is -2.03. The Labute approximate surface area is 164 Å². The number of nitrogens with one attached hydrogen (secondary N) is 3. The topological polar surface area (TPSA) is 84.9 Å². The third-order valence-corrected chi connectivity index (χ3v) is 4.88. The molecule has 0 atom stereocenters. The average molecular weight is 401 g/mol. The van der Waals surface area contributed by atoms with Crippen molar-refractivity contribution in [3.8, 4) is 11.4 Å². The second-order valence-corrected chi connectivity index (χ2v) is 6.50. The number of hydrogen-bond donors (Lipinski definition) is 3. The van der Waals surface area contributed by atoms with Crippen LogP contribution in [-0.2, 0) is 0 Å². The number of aromatic amines is 1. The van der Waals surface area contributed by atoms with Gasteiger partial charge < -0.3 is 21.8 Å². The molecule has 1 aliphatic heterocycles. The van der Waals surface area contributed by atoms with Crippen molar-refractivity contribution >= 4 is 39.4 Å². The van der Waals surface area contributed by atoms with E-state index >= 15 is 0 Å². The zero-order chi connectivity index (χ0) is 17.7. The van der Waals surface area contributed by atoms with Crippen LogP contribution in [0.5, 0.6) is 0 Å². The summed E-state index contributed by atoms with van der Waals surface area (Å²) in [5.41, 5.74) is 2.80. The number of nitrogens with zero attached hydrogens (tertiary/aromatic N) is 1. The van der Waals surface area contributed by atoms with E-state index in [1.165, 1.54) is 0 Å². The second-order valence-electron chi connectivity index (χ2n) is 6.12. The van der Waals surface area contributed by atoms with Crippen LogP contribution in [0.4, 0.5) is 0 Å². The second kappa shape index (κ2) is 6.72. The summed E-state index contributed by atoms with van der Waals surface area (Å²) in [5, 5.41) is 4.32. The molecule has 0 bridgehead atoms. The molecular formula is C19H14Cl2N4O2. The molecule has 4 aromatic rings. The van der Waals surface area contributed by atoms with Crippen LogP contribution >= 0.6 is 11.6 Å². The van der Waals surface area contributed by atoms with Gasteiger partial charge in [-0.05, 0) is 30.3 Å². The molecule has 2 aromatic heterocycles. The Kier molecular flexibility index (Phi) is 4.37. The molecule has 136 valence electrons. The molecule has 0 radical (unpaired) electrons. The van der Waals surface area contributed by atoms with Gasteiger partial charge in [0.25, 0.3) is 5.84 Å². The number of rotatable bonds is 2. The number of imidazole rings is 1. The Bertz CT molecular complexity index is 1260. The van der Waals surface area contributed by atoms with Gasteiger partial charge in [-0.2, -0.15) is 0 Å². The van der Waals surface area contributed by atoms with Crippen LogP contribution < -0.4 is 28.3 Å². The van der Waals surface area contributed by atoms with E-state index in [0.717, 1.165) is 35.5 Å². The predicted molar refractivity (Wildman–Crippen MR) is 101 cm³/mol. The normalized spacial score (nSPS) is 13.4. The number of benzene rings is 2. The maximum Gasteiger partial charge on any atom is 0.348 e. The third kappa shape index (κ3) is 2.87. The highest BCUT2D eigenvalue weighted by atomic mass is 35.5. The van der Waals surface area contributed by atoms with E-state index in [1.807, 2.05) is 30.3 Å². The summed E-state index contributed by atoms with van der Waals surface area (Å²) in [4.78, 5) is 23.5. The molecule has 0 spiro atoms. The van der Waals surface area contributed by atoms with Gasteiger partial charge in [0.15, 0.2) is 0 Å². The van der Waals surface area contributed by atoms with E-state index in [4.69, 9.17) is 16.0 Å². The van der Waals surface area contributed by atoms with Crippen LogP contribution in [-0.4, -0.2) is 28.9 Å². The fraction of sp³-hybridized carbons (Fsp3) is 0.105. The molecule has 0 saturated carbocycles. The fourth-order valence-electron chi connectivity index (χ4n) is 3.24. The molecule has 0 aliphatic carbocycles. The summed E-state index contributed by atoms with van der Waals surface area (Å²) in [7, 11) is 0. The van der Waals surface area contributed by atoms with Gasteiger partial charge in [0, 0.05) is 5.39 Å². The molecule has 5 rings (SSSR count). The highest BCUT2D eigenvalue weighted by Gasteiger charge is 2.20. The molecule has 0 fully saturated rings. The predicted octanol–water partition coefficient (Wildman–Crippen LogP) is -1.58. The first-order valence-corrected chi connectivity index (χ1v) is 8.65. The van der Waals surface area contributed by atoms with Crippen LogP contribution in [0.15, 0.2) is 51.7 Å². The number of para-hydroxylation sites is 1. The van der Waals surface area contributed by atoms with Crippen molar-refractivity contribution in [2.24, 2.45) is 0 Å². The Balaban J connectivity index is 0.00000180. The molecule has 3 heterocycles. The number of fused-ring (bicyclic) bond motifs is 2. The van der Waals surface area contributed by atoms with E-state index in [0.29, 0.717) is 21.8 Å². The number of amidine groups is 1. The van der Waals surface area contributed by atoms with Gasteiger partial charge in [0.2, 0.25) is 0 Å². The molecule has 0 saturated heterocycles. The Morgan fingerprint density at radius 1 is 1.19 bits per heavy atom. The van der Waals surface area contributed by atoms with Crippen molar-refractivity contribution in [3.05, 3.63) is 63.5 Å². The van der Waals surface area contributed by atoms with Crippen LogP contribution in [0.1, 0.15) is 5.56 Å². The van der Waals surface area contributed by atoms with Gasteiger partial charge >= 0.3 is 5.63 Å². The van der Waals surface area contributed by atoms with Crippen LogP contribution in [0, 0.1) is 0 Å². The monoisotopic (exact) mass is 400 g/mol. The van der Waals surface area contributed by atoms with Gasteiger partial charge in [-0.25, -0.2) is 9.78 Å². The van der Waals surface area contributed by atoms with Crippen molar-refractivity contribution < 1.29 is 21.8 Å². The van der Waals surface area contributed by atoms with Crippen molar-refractivity contribution in [1.29, 1.82) is 0 Å². The molecule has 0 unspecified atom stereocenters. The first-order valence-electron chi connectivity index (χ1n) is 8.27. The largest absolute Gasteiger partial charge is 1.00 e. The van der Waals surface area contributed by atoms with E-state index in [1.54, 1.807) is 12.1 Å².